The molecule has 2 aliphatic rings. The van der Waals surface area contributed by atoms with Crippen molar-refractivity contribution < 1.29 is 42.0 Å². The second-order valence-corrected chi connectivity index (χ2v) is 12.6. The summed E-state index contributed by atoms with van der Waals surface area (Å²) in [6.07, 6.45) is 10.7. The van der Waals surface area contributed by atoms with E-state index in [1.165, 1.54) is 12.4 Å². The van der Waals surface area contributed by atoms with Gasteiger partial charge in [0.2, 0.25) is 5.91 Å². The second kappa shape index (κ2) is 15.3. The fourth-order valence-corrected chi connectivity index (χ4v) is 6.04. The smallest absolute Gasteiger partial charge is 0.245 e. The zero-order valence-corrected chi connectivity index (χ0v) is 27.5. The molecule has 53 heavy (non-hydrogen) atoms. The van der Waals surface area contributed by atoms with Crippen LogP contribution in [0.15, 0.2) is 86.5 Å². The van der Waals surface area contributed by atoms with Crippen LogP contribution >= 0.6 is 0 Å². The van der Waals surface area contributed by atoms with E-state index in [1.54, 1.807) is 56.9 Å². The number of ether oxygens (including phenoxy) is 2. The van der Waals surface area contributed by atoms with Gasteiger partial charge in [-0.1, -0.05) is 14.0 Å². The molecule has 0 spiro atoms. The Bertz CT molecular complexity index is 2250. The Morgan fingerprint density at radius 1 is 0.774 bits per heavy atom. The summed E-state index contributed by atoms with van der Waals surface area (Å²) in [7, 11) is 0. The Morgan fingerprint density at radius 2 is 1.21 bits per heavy atom. The molecule has 8 rings (SSSR count). The molecule has 2 fully saturated rings. The van der Waals surface area contributed by atoms with Gasteiger partial charge >= 0.3 is 0 Å². The van der Waals surface area contributed by atoms with Crippen LogP contribution in [0.5, 0.6) is 23.0 Å². The summed E-state index contributed by atoms with van der Waals surface area (Å²) in [5, 5.41) is 21.8. The molecule has 276 valence electrons. The highest BCUT2D eigenvalue weighted by Crippen LogP contribution is 2.35. The predicted octanol–water partition coefficient (Wildman–Crippen LogP) is 6.23. The Kier molecular flexibility index (Phi) is 10.6. The molecule has 15 heteroatoms. The lowest BCUT2D eigenvalue weighted by Gasteiger charge is -2.38. The number of hydrogen-bond acceptors (Lipinski definition) is 8. The fourth-order valence-electron chi connectivity index (χ4n) is 6.04. The van der Waals surface area contributed by atoms with E-state index in [0.29, 0.717) is 54.8 Å². The van der Waals surface area contributed by atoms with Crippen molar-refractivity contribution in [2.75, 3.05) is 39.4 Å². The molecule has 0 atom stereocenters. The summed E-state index contributed by atoms with van der Waals surface area (Å²) in [6, 6.07) is 6.63. The van der Waals surface area contributed by atoms with Gasteiger partial charge in [-0.05, 0) is 18.2 Å². The number of fused-ring (bicyclic) bond motifs is 2. The summed E-state index contributed by atoms with van der Waals surface area (Å²) < 4.78 is 71.9. The van der Waals surface area contributed by atoms with Gasteiger partial charge in [0.05, 0.1) is 49.4 Å². The van der Waals surface area contributed by atoms with Gasteiger partial charge in [-0.25, -0.2) is 27.5 Å². The molecule has 2 aromatic carbocycles. The lowest BCUT2D eigenvalue weighted by atomic mass is 10.0. The Morgan fingerprint density at radius 3 is 1.60 bits per heavy atom. The Hall–Kier alpha value is -6.09. The molecule has 0 saturated carbocycles. The highest BCUT2D eigenvalue weighted by molar-refractivity contribution is 5.87. The molecule has 0 radical (unpaired) electrons. The Labute approximate surface area is 301 Å². The second-order valence-electron chi connectivity index (χ2n) is 12.6. The largest absolute Gasteiger partial charge is 0.508 e. The number of phenolic OH excluding ortho intramolecular Hbond substituents is 2. The van der Waals surface area contributed by atoms with E-state index >= 15 is 0 Å². The number of halogens is 4. The number of rotatable bonds is 9. The van der Waals surface area contributed by atoms with Crippen LogP contribution in [0.25, 0.3) is 33.3 Å². The number of nitrogens with one attached hydrogen (secondary N) is 1. The van der Waals surface area contributed by atoms with Gasteiger partial charge in [0.15, 0.2) is 0 Å². The number of imidazole rings is 2. The minimum absolute atomic E-state index is 0. The molecule has 0 unspecified atom stereocenters. The molecule has 3 N–H and O–H groups in total. The van der Waals surface area contributed by atoms with Crippen molar-refractivity contribution in [3.05, 3.63) is 110 Å². The minimum atomic E-state index is -0.875. The van der Waals surface area contributed by atoms with Crippen molar-refractivity contribution >= 4 is 16.9 Å². The van der Waals surface area contributed by atoms with Crippen molar-refractivity contribution in [1.82, 2.24) is 29.0 Å². The molecule has 6 aromatic rings. The van der Waals surface area contributed by atoms with Crippen LogP contribution in [-0.4, -0.2) is 79.2 Å². The molecule has 0 aliphatic carbocycles. The van der Waals surface area contributed by atoms with Crippen molar-refractivity contribution in [2.24, 2.45) is 11.8 Å². The molecule has 4 aromatic heterocycles. The van der Waals surface area contributed by atoms with Crippen molar-refractivity contribution in [3.63, 3.8) is 0 Å². The number of pyridine rings is 2. The number of phenols is 2. The molecule has 11 nitrogen and oxygen atoms in total. The van der Waals surface area contributed by atoms with E-state index in [-0.39, 0.29) is 35.9 Å². The maximum absolute atomic E-state index is 14.3. The van der Waals surface area contributed by atoms with E-state index < -0.39 is 34.8 Å². The number of likely N-dealkylation sites (tertiary alicyclic amines) is 1. The quantitative estimate of drug-likeness (QED) is 0.118. The lowest BCUT2D eigenvalue weighted by Crippen LogP contribution is -2.51. The van der Waals surface area contributed by atoms with Gasteiger partial charge < -0.3 is 38.7 Å². The molecule has 6 heterocycles. The van der Waals surface area contributed by atoms with Crippen LogP contribution in [0.1, 0.15) is 7.43 Å². The van der Waals surface area contributed by atoms with E-state index in [4.69, 9.17) is 9.47 Å². The number of carbonyl (C=O) groups is 1. The minimum Gasteiger partial charge on any atom is -0.508 e. The Balaban J connectivity index is 0.000000180. The standard InChI is InChI=1S/C20H17F2N3O3.C17H15F2N3O2.CH4/c1-2-19(27)24-7-12(8-24)10-28-18-3-13(9-25-11-23-6-17(18)25)20-15(21)4-14(26)5-16(20)22;18-13-2-12(23)3-14(19)17(13)11-1-16(24-8-10-4-20-5-10)15-6-21-9-22(15)7-11;/h2-6,9,11-12,26H,1,7-8,10H2;1-3,6-7,9-10,20,23H,4-5,8H2;1H4. The first-order chi connectivity index (χ1) is 25.1. The number of carbonyl (C=O) groups excluding carboxylic acids is 1. The summed E-state index contributed by atoms with van der Waals surface area (Å²) in [5.74, 6) is -2.93. The molecule has 0 bridgehead atoms. The van der Waals surface area contributed by atoms with Gasteiger partial charge in [-0.3, -0.25) is 4.79 Å². The van der Waals surface area contributed by atoms with Crippen molar-refractivity contribution in [3.8, 4) is 45.3 Å². The number of amides is 1. The topological polar surface area (TPSA) is 126 Å². The molecule has 2 saturated heterocycles. The summed E-state index contributed by atoms with van der Waals surface area (Å²) in [5.41, 5.74) is 1.49. The van der Waals surface area contributed by atoms with Crippen LogP contribution < -0.4 is 14.8 Å². The highest BCUT2D eigenvalue weighted by atomic mass is 19.1. The van der Waals surface area contributed by atoms with Gasteiger partial charge in [-0.2, -0.15) is 0 Å². The first-order valence-corrected chi connectivity index (χ1v) is 16.2. The number of aromatic nitrogens is 4. The van der Waals surface area contributed by atoms with Gasteiger partial charge in [-0.15, -0.1) is 0 Å². The van der Waals surface area contributed by atoms with E-state index in [2.05, 4.69) is 21.9 Å². The normalized spacial score (nSPS) is 14.2. The van der Waals surface area contributed by atoms with Crippen LogP contribution in [-0.2, 0) is 4.79 Å². The van der Waals surface area contributed by atoms with E-state index in [1.807, 2.05) is 0 Å². The highest BCUT2D eigenvalue weighted by Gasteiger charge is 2.30. The van der Waals surface area contributed by atoms with Gasteiger partial charge in [0.25, 0.3) is 0 Å². The number of aromatic hydroxyl groups is 2. The SMILES string of the molecule is C.C=CC(=O)N1CC(COc2cc(-c3c(F)cc(O)cc3F)cn3cncc23)C1.Oc1cc(F)c(-c2cc(OCC3CNC3)c3cncn3c2)c(F)c1. The third kappa shape index (κ3) is 7.60. The van der Waals surface area contributed by atoms with Crippen molar-refractivity contribution in [1.29, 1.82) is 0 Å². The van der Waals surface area contributed by atoms with Gasteiger partial charge in [0.1, 0.15) is 57.3 Å². The van der Waals surface area contributed by atoms with E-state index in [9.17, 15) is 32.6 Å². The number of benzene rings is 2. The van der Waals surface area contributed by atoms with Crippen LogP contribution in [0, 0.1) is 35.1 Å². The number of hydrogen-bond donors (Lipinski definition) is 3. The van der Waals surface area contributed by atoms with Crippen LogP contribution in [0.2, 0.25) is 0 Å². The summed E-state index contributed by atoms with van der Waals surface area (Å²) in [4.78, 5) is 21.3. The molecular formula is C38H36F4N6O5. The molecule has 2 aliphatic heterocycles. The first kappa shape index (κ1) is 36.7. The average Bonchev–Trinajstić information content (AvgIpc) is 3.73. The first-order valence-electron chi connectivity index (χ1n) is 16.2. The maximum atomic E-state index is 14.3. The lowest BCUT2D eigenvalue weighted by molar-refractivity contribution is -0.132. The third-order valence-electron chi connectivity index (χ3n) is 8.86. The number of nitrogens with zero attached hydrogens (tertiary/aromatic N) is 5. The summed E-state index contributed by atoms with van der Waals surface area (Å²) >= 11 is 0. The van der Waals surface area contributed by atoms with Crippen molar-refractivity contribution in [2.45, 2.75) is 7.43 Å². The zero-order valence-electron chi connectivity index (χ0n) is 27.5. The fraction of sp³-hybridized carbons (Fsp3) is 0.237. The van der Waals surface area contributed by atoms with Crippen LogP contribution in [0.3, 0.4) is 0 Å². The van der Waals surface area contributed by atoms with Gasteiger partial charge in [0, 0.05) is 85.8 Å². The van der Waals surface area contributed by atoms with Crippen LogP contribution in [0.4, 0.5) is 17.6 Å². The molecule has 1 amide bonds. The maximum Gasteiger partial charge on any atom is 0.245 e. The molecular weight excluding hydrogens is 696 g/mol. The predicted molar refractivity (Wildman–Crippen MR) is 189 cm³/mol. The third-order valence-corrected chi connectivity index (χ3v) is 8.86. The average molecular weight is 733 g/mol. The zero-order chi connectivity index (χ0) is 36.5. The monoisotopic (exact) mass is 732 g/mol. The summed E-state index contributed by atoms with van der Waals surface area (Å²) in [6.45, 7) is 7.28. The van der Waals surface area contributed by atoms with E-state index in [0.717, 1.165) is 42.9 Å².